The van der Waals surface area contributed by atoms with E-state index in [0.717, 1.165) is 18.5 Å². The van der Waals surface area contributed by atoms with E-state index in [1.165, 1.54) is 0 Å². The van der Waals surface area contributed by atoms with Gasteiger partial charge in [0.05, 0.1) is 18.3 Å². The fourth-order valence-corrected chi connectivity index (χ4v) is 3.98. The Morgan fingerprint density at radius 3 is 2.94 bits per heavy atom. The highest BCUT2D eigenvalue weighted by atomic mass is 32.2. The van der Waals surface area contributed by atoms with Crippen molar-refractivity contribution in [2.24, 2.45) is 0 Å². The second kappa shape index (κ2) is 5.38. The van der Waals surface area contributed by atoms with Crippen LogP contribution in [0.5, 0.6) is 0 Å². The summed E-state index contributed by atoms with van der Waals surface area (Å²) in [5.74, 6) is 0.517. The van der Waals surface area contributed by atoms with Crippen LogP contribution in [0.1, 0.15) is 30.7 Å². The fourth-order valence-electron chi connectivity index (χ4n) is 2.29. The first kappa shape index (κ1) is 13.5. The van der Waals surface area contributed by atoms with Crippen molar-refractivity contribution in [2.75, 3.05) is 7.11 Å². The standard InChI is InChI=1S/C11H18N2O4S/c1-8-6-9(17-13-8)7-12-18(14,15)11-5-3-4-10(11)16-2/h6,10-12H,3-5,7H2,1-2H3. The molecule has 6 nitrogen and oxygen atoms in total. The Bertz CT molecular complexity index is 497. The Morgan fingerprint density at radius 1 is 1.56 bits per heavy atom. The molecule has 0 aromatic carbocycles. The molecule has 0 bridgehead atoms. The summed E-state index contributed by atoms with van der Waals surface area (Å²) in [6.07, 6.45) is 2.11. The Balaban J connectivity index is 1.99. The van der Waals surface area contributed by atoms with Crippen molar-refractivity contribution in [1.29, 1.82) is 0 Å². The monoisotopic (exact) mass is 274 g/mol. The van der Waals surface area contributed by atoms with Crippen molar-refractivity contribution < 1.29 is 17.7 Å². The molecule has 18 heavy (non-hydrogen) atoms. The molecule has 2 atom stereocenters. The summed E-state index contributed by atoms with van der Waals surface area (Å²) >= 11 is 0. The fraction of sp³-hybridized carbons (Fsp3) is 0.727. The third-order valence-electron chi connectivity index (χ3n) is 3.22. The summed E-state index contributed by atoms with van der Waals surface area (Å²) in [6, 6.07) is 1.71. The zero-order chi connectivity index (χ0) is 13.2. The number of methoxy groups -OCH3 is 1. The number of hydrogen-bond acceptors (Lipinski definition) is 5. The molecule has 1 fully saturated rings. The van der Waals surface area contributed by atoms with Gasteiger partial charge in [0.1, 0.15) is 5.25 Å². The third-order valence-corrected chi connectivity index (χ3v) is 5.10. The maximum atomic E-state index is 12.1. The van der Waals surface area contributed by atoms with Crippen LogP contribution in [0, 0.1) is 6.92 Å². The molecule has 1 aliphatic rings. The van der Waals surface area contributed by atoms with Crippen LogP contribution in [-0.4, -0.2) is 32.0 Å². The molecular formula is C11H18N2O4S. The van der Waals surface area contributed by atoms with Gasteiger partial charge < -0.3 is 9.26 Å². The second-order valence-corrected chi connectivity index (χ2v) is 6.53. The Kier molecular flexibility index (Phi) is 4.04. The predicted octanol–water partition coefficient (Wildman–Crippen LogP) is 0.970. The average molecular weight is 274 g/mol. The van der Waals surface area contributed by atoms with Gasteiger partial charge in [-0.3, -0.25) is 0 Å². The molecule has 102 valence electrons. The number of nitrogens with zero attached hydrogens (tertiary/aromatic N) is 1. The van der Waals surface area contributed by atoms with Crippen molar-refractivity contribution in [3.05, 3.63) is 17.5 Å². The topological polar surface area (TPSA) is 81.4 Å². The van der Waals surface area contributed by atoms with Gasteiger partial charge in [-0.15, -0.1) is 0 Å². The van der Waals surface area contributed by atoms with E-state index in [9.17, 15) is 8.42 Å². The lowest BCUT2D eigenvalue weighted by atomic mass is 10.3. The molecule has 1 aromatic heterocycles. The van der Waals surface area contributed by atoms with Crippen molar-refractivity contribution >= 4 is 10.0 Å². The van der Waals surface area contributed by atoms with Gasteiger partial charge in [-0.05, 0) is 26.2 Å². The zero-order valence-electron chi connectivity index (χ0n) is 10.5. The second-order valence-electron chi connectivity index (χ2n) is 4.54. The van der Waals surface area contributed by atoms with E-state index in [1.807, 2.05) is 0 Å². The highest BCUT2D eigenvalue weighted by Crippen LogP contribution is 2.27. The summed E-state index contributed by atoms with van der Waals surface area (Å²) < 4.78 is 37.0. The van der Waals surface area contributed by atoms with Gasteiger partial charge in [-0.2, -0.15) is 0 Å². The van der Waals surface area contributed by atoms with E-state index in [1.54, 1.807) is 20.1 Å². The molecule has 7 heteroatoms. The van der Waals surface area contributed by atoms with Crippen LogP contribution in [0.15, 0.2) is 10.6 Å². The Morgan fingerprint density at radius 2 is 2.33 bits per heavy atom. The summed E-state index contributed by atoms with van der Waals surface area (Å²) in [5, 5.41) is 3.25. The summed E-state index contributed by atoms with van der Waals surface area (Å²) in [5.41, 5.74) is 0.736. The summed E-state index contributed by atoms with van der Waals surface area (Å²) in [4.78, 5) is 0. The first-order valence-corrected chi connectivity index (χ1v) is 7.51. The molecule has 0 saturated heterocycles. The minimum Gasteiger partial charge on any atom is -0.380 e. The lowest BCUT2D eigenvalue weighted by Crippen LogP contribution is -2.39. The van der Waals surface area contributed by atoms with E-state index in [4.69, 9.17) is 9.26 Å². The number of aryl methyl sites for hydroxylation is 1. The van der Waals surface area contributed by atoms with E-state index >= 15 is 0 Å². The smallest absolute Gasteiger partial charge is 0.217 e. The van der Waals surface area contributed by atoms with E-state index in [2.05, 4.69) is 9.88 Å². The number of aromatic nitrogens is 1. The number of hydrogen-bond donors (Lipinski definition) is 1. The van der Waals surface area contributed by atoms with Gasteiger partial charge in [-0.25, -0.2) is 13.1 Å². The van der Waals surface area contributed by atoms with Crippen LogP contribution >= 0.6 is 0 Å². The van der Waals surface area contributed by atoms with Crippen LogP contribution in [0.4, 0.5) is 0 Å². The number of nitrogens with one attached hydrogen (secondary N) is 1. The van der Waals surface area contributed by atoms with Crippen LogP contribution in [-0.2, 0) is 21.3 Å². The average Bonchev–Trinajstić information content (AvgIpc) is 2.95. The number of rotatable bonds is 5. The normalized spacial score (nSPS) is 24.6. The number of ether oxygens (including phenoxy) is 1. The molecule has 1 aromatic rings. The molecule has 1 saturated carbocycles. The Hall–Kier alpha value is -0.920. The summed E-state index contributed by atoms with van der Waals surface area (Å²) in [7, 11) is -1.82. The lowest BCUT2D eigenvalue weighted by Gasteiger charge is -2.18. The maximum absolute atomic E-state index is 12.1. The maximum Gasteiger partial charge on any atom is 0.217 e. The van der Waals surface area contributed by atoms with E-state index in [0.29, 0.717) is 12.2 Å². The van der Waals surface area contributed by atoms with E-state index < -0.39 is 15.3 Å². The molecule has 0 aliphatic heterocycles. The lowest BCUT2D eigenvalue weighted by molar-refractivity contribution is 0.111. The first-order valence-electron chi connectivity index (χ1n) is 5.96. The largest absolute Gasteiger partial charge is 0.380 e. The minimum absolute atomic E-state index is 0.135. The molecule has 1 heterocycles. The highest BCUT2D eigenvalue weighted by molar-refractivity contribution is 7.90. The zero-order valence-corrected chi connectivity index (χ0v) is 11.4. The first-order chi connectivity index (χ1) is 8.53. The SMILES string of the molecule is COC1CCCC1S(=O)(=O)NCc1cc(C)no1. The van der Waals surface area contributed by atoms with Crippen LogP contribution < -0.4 is 4.72 Å². The third kappa shape index (κ3) is 2.90. The quantitative estimate of drug-likeness (QED) is 0.865. The molecule has 1 N–H and O–H groups in total. The summed E-state index contributed by atoms with van der Waals surface area (Å²) in [6.45, 7) is 1.93. The van der Waals surface area contributed by atoms with Crippen LogP contribution in [0.3, 0.4) is 0 Å². The van der Waals surface area contributed by atoms with Crippen molar-refractivity contribution in [3.63, 3.8) is 0 Å². The highest BCUT2D eigenvalue weighted by Gasteiger charge is 2.37. The molecule has 0 spiro atoms. The molecule has 1 aliphatic carbocycles. The Labute approximate surface area is 107 Å². The molecule has 0 amide bonds. The molecular weight excluding hydrogens is 256 g/mol. The van der Waals surface area contributed by atoms with Gasteiger partial charge in [0, 0.05) is 13.2 Å². The number of sulfonamides is 1. The van der Waals surface area contributed by atoms with Crippen molar-refractivity contribution in [3.8, 4) is 0 Å². The molecule has 2 unspecified atom stereocenters. The van der Waals surface area contributed by atoms with Crippen LogP contribution in [0.2, 0.25) is 0 Å². The minimum atomic E-state index is -3.37. The predicted molar refractivity (Wildman–Crippen MR) is 65.4 cm³/mol. The van der Waals surface area contributed by atoms with E-state index in [-0.39, 0.29) is 12.6 Å². The van der Waals surface area contributed by atoms with Crippen molar-refractivity contribution in [1.82, 2.24) is 9.88 Å². The van der Waals surface area contributed by atoms with Gasteiger partial charge in [0.15, 0.2) is 5.76 Å². The van der Waals surface area contributed by atoms with Gasteiger partial charge in [0.25, 0.3) is 0 Å². The van der Waals surface area contributed by atoms with Crippen molar-refractivity contribution in [2.45, 2.75) is 44.1 Å². The molecule has 0 radical (unpaired) electrons. The van der Waals surface area contributed by atoms with Gasteiger partial charge in [-0.1, -0.05) is 5.16 Å². The molecule has 2 rings (SSSR count). The van der Waals surface area contributed by atoms with Crippen LogP contribution in [0.25, 0.3) is 0 Å². The van der Waals surface area contributed by atoms with Gasteiger partial charge >= 0.3 is 0 Å². The van der Waals surface area contributed by atoms with Gasteiger partial charge in [0.2, 0.25) is 10.0 Å².